The largest absolute Gasteiger partial charge is 0.337 e. The van der Waals surface area contributed by atoms with Crippen molar-refractivity contribution >= 4 is 17.6 Å². The molecule has 0 amide bonds. The van der Waals surface area contributed by atoms with Gasteiger partial charge in [0.2, 0.25) is 6.71 Å². The fraction of sp³-hybridized carbons (Fsp3) is 0.0800. The Morgan fingerprint density at radius 1 is 0.786 bits per heavy atom. The van der Waals surface area contributed by atoms with Crippen LogP contribution in [-0.4, -0.2) is 16.3 Å². The summed E-state index contributed by atoms with van der Waals surface area (Å²) < 4.78 is 2.09. The number of hydrogen-bond acceptors (Lipinski definition) is 1. The average molecular weight is 364 g/mol. The summed E-state index contributed by atoms with van der Waals surface area (Å²) in [5.74, 6) is 1.99. The summed E-state index contributed by atoms with van der Waals surface area (Å²) in [6.45, 7) is 5.22. The van der Waals surface area contributed by atoms with Crippen molar-refractivity contribution in [2.24, 2.45) is 0 Å². The Balaban J connectivity index is 0.000000162. The summed E-state index contributed by atoms with van der Waals surface area (Å²) in [6, 6.07) is 31.4. The molecule has 0 aliphatic carbocycles. The Morgan fingerprint density at radius 3 is 1.79 bits per heavy atom. The zero-order chi connectivity index (χ0) is 19.4. The van der Waals surface area contributed by atoms with Gasteiger partial charge in [-0.1, -0.05) is 102 Å². The van der Waals surface area contributed by atoms with Crippen LogP contribution in [0, 0.1) is 0 Å². The smallest absolute Gasteiger partial charge is 0.233 e. The Kier molecular flexibility index (Phi) is 7.45. The van der Waals surface area contributed by atoms with E-state index in [-0.39, 0.29) is 0 Å². The van der Waals surface area contributed by atoms with Crippen LogP contribution in [0.15, 0.2) is 122 Å². The van der Waals surface area contributed by atoms with Gasteiger partial charge in [0.05, 0.1) is 6.33 Å². The highest BCUT2D eigenvalue weighted by Gasteiger charge is 2.13. The molecule has 0 radical (unpaired) electrons. The van der Waals surface area contributed by atoms with Crippen molar-refractivity contribution in [3.05, 3.63) is 128 Å². The molecule has 138 valence electrons. The first kappa shape index (κ1) is 19.4. The molecule has 4 rings (SSSR count). The van der Waals surface area contributed by atoms with Crippen molar-refractivity contribution in [2.45, 2.75) is 13.0 Å². The zero-order valence-electron chi connectivity index (χ0n) is 16.1. The molecule has 28 heavy (non-hydrogen) atoms. The SMILES string of the molecule is C=CB(c1ccccc1)c1ccccc1.c1ccc(CCn2ccnc2)cc1. The topological polar surface area (TPSA) is 17.8 Å². The Bertz CT molecular complexity index is 881. The first-order valence-electron chi connectivity index (χ1n) is 9.59. The van der Waals surface area contributed by atoms with Gasteiger partial charge in [-0.2, -0.15) is 0 Å². The highest BCUT2D eigenvalue weighted by atomic mass is 15.0. The molecule has 0 bridgehead atoms. The lowest BCUT2D eigenvalue weighted by atomic mass is 9.41. The van der Waals surface area contributed by atoms with Crippen molar-refractivity contribution in [3.63, 3.8) is 0 Å². The van der Waals surface area contributed by atoms with Gasteiger partial charge in [0.1, 0.15) is 0 Å². The molecule has 1 heterocycles. The zero-order valence-corrected chi connectivity index (χ0v) is 16.1. The Hall–Kier alpha value is -3.33. The fourth-order valence-corrected chi connectivity index (χ4v) is 3.11. The van der Waals surface area contributed by atoms with E-state index in [1.165, 1.54) is 16.5 Å². The number of benzene rings is 3. The maximum atomic E-state index is 4.00. The normalized spacial score (nSPS) is 9.86. The standard InChI is InChI=1S/C14H13B.C11H12N2/c1-2-15(13-9-5-3-6-10-13)14-11-7-4-8-12-14;1-2-4-11(5-3-1)6-8-13-9-7-12-10-13/h2-12H,1H2;1-5,7,9-10H,6,8H2. The number of hydrogen-bond donors (Lipinski definition) is 0. The van der Waals surface area contributed by atoms with Gasteiger partial charge in [-0.25, -0.2) is 4.98 Å². The predicted molar refractivity (Wildman–Crippen MR) is 120 cm³/mol. The molecule has 0 atom stereocenters. The molecule has 3 aromatic carbocycles. The van der Waals surface area contributed by atoms with Gasteiger partial charge in [0.25, 0.3) is 0 Å². The van der Waals surface area contributed by atoms with Gasteiger partial charge >= 0.3 is 0 Å². The minimum absolute atomic E-state index is 0.299. The summed E-state index contributed by atoms with van der Waals surface area (Å²) in [4.78, 5) is 4.00. The third-order valence-corrected chi connectivity index (χ3v) is 4.61. The van der Waals surface area contributed by atoms with E-state index in [0.717, 1.165) is 13.0 Å². The van der Waals surface area contributed by atoms with E-state index in [2.05, 4.69) is 88.9 Å². The molecule has 0 aliphatic heterocycles. The van der Waals surface area contributed by atoms with Crippen LogP contribution in [0.1, 0.15) is 5.56 Å². The molecule has 1 aromatic heterocycles. The molecule has 0 saturated carbocycles. The fourth-order valence-electron chi connectivity index (χ4n) is 3.11. The summed E-state index contributed by atoms with van der Waals surface area (Å²) >= 11 is 0. The molecule has 2 nitrogen and oxygen atoms in total. The number of aryl methyl sites for hydroxylation is 2. The highest BCUT2D eigenvalue weighted by molar-refractivity contribution is 6.89. The second kappa shape index (κ2) is 10.7. The quantitative estimate of drug-likeness (QED) is 0.470. The maximum Gasteiger partial charge on any atom is 0.233 e. The average Bonchev–Trinajstić information content (AvgIpc) is 3.29. The van der Waals surface area contributed by atoms with E-state index in [0.29, 0.717) is 6.71 Å². The number of imidazole rings is 1. The lowest BCUT2D eigenvalue weighted by molar-refractivity contribution is 0.696. The van der Waals surface area contributed by atoms with Crippen LogP contribution in [0.25, 0.3) is 0 Å². The minimum Gasteiger partial charge on any atom is -0.337 e. The number of rotatable bonds is 6. The van der Waals surface area contributed by atoms with E-state index in [1.807, 2.05) is 42.9 Å². The second-order valence-corrected chi connectivity index (χ2v) is 6.57. The lowest BCUT2D eigenvalue weighted by Crippen LogP contribution is -2.40. The molecule has 4 aromatic rings. The van der Waals surface area contributed by atoms with Crippen LogP contribution in [0.4, 0.5) is 0 Å². The van der Waals surface area contributed by atoms with Gasteiger partial charge in [0, 0.05) is 18.9 Å². The van der Waals surface area contributed by atoms with Crippen LogP contribution >= 0.6 is 0 Å². The number of nitrogens with zero attached hydrogens (tertiary/aromatic N) is 2. The monoisotopic (exact) mass is 364 g/mol. The number of aromatic nitrogens is 2. The molecule has 3 heteroatoms. The molecular weight excluding hydrogens is 339 g/mol. The molecule has 0 fully saturated rings. The molecule has 0 N–H and O–H groups in total. The van der Waals surface area contributed by atoms with E-state index in [4.69, 9.17) is 0 Å². The van der Waals surface area contributed by atoms with Gasteiger partial charge < -0.3 is 4.57 Å². The van der Waals surface area contributed by atoms with Crippen LogP contribution in [0.5, 0.6) is 0 Å². The molecule has 0 unspecified atom stereocenters. The van der Waals surface area contributed by atoms with Crippen LogP contribution in [0.2, 0.25) is 0 Å². The maximum absolute atomic E-state index is 4.00. The van der Waals surface area contributed by atoms with E-state index < -0.39 is 0 Å². The van der Waals surface area contributed by atoms with Crippen molar-refractivity contribution < 1.29 is 0 Å². The van der Waals surface area contributed by atoms with Gasteiger partial charge in [0.15, 0.2) is 0 Å². The first-order chi connectivity index (χ1) is 13.9. The summed E-state index contributed by atoms with van der Waals surface area (Å²) in [7, 11) is 0. The van der Waals surface area contributed by atoms with Crippen molar-refractivity contribution in [2.75, 3.05) is 0 Å². The van der Waals surface area contributed by atoms with Crippen molar-refractivity contribution in [1.29, 1.82) is 0 Å². The Morgan fingerprint density at radius 2 is 1.32 bits per heavy atom. The predicted octanol–water partition coefficient (Wildman–Crippen LogP) is 4.15. The summed E-state index contributed by atoms with van der Waals surface area (Å²) in [6.07, 6.45) is 6.72. The van der Waals surface area contributed by atoms with E-state index in [9.17, 15) is 0 Å². The van der Waals surface area contributed by atoms with Crippen molar-refractivity contribution in [1.82, 2.24) is 9.55 Å². The van der Waals surface area contributed by atoms with Crippen LogP contribution < -0.4 is 10.9 Å². The summed E-state index contributed by atoms with van der Waals surface area (Å²) in [5.41, 5.74) is 3.95. The molecule has 0 saturated heterocycles. The third kappa shape index (κ3) is 5.85. The van der Waals surface area contributed by atoms with E-state index in [1.54, 1.807) is 0 Å². The minimum atomic E-state index is 0.299. The lowest BCUT2D eigenvalue weighted by Gasteiger charge is -2.09. The van der Waals surface area contributed by atoms with Crippen LogP contribution in [0.3, 0.4) is 0 Å². The molecule has 0 aliphatic rings. The first-order valence-corrected chi connectivity index (χ1v) is 9.59. The summed E-state index contributed by atoms with van der Waals surface area (Å²) in [5, 5.41) is 0. The van der Waals surface area contributed by atoms with Crippen molar-refractivity contribution in [3.8, 4) is 0 Å². The third-order valence-electron chi connectivity index (χ3n) is 4.61. The Labute approximate surface area is 168 Å². The highest BCUT2D eigenvalue weighted by Crippen LogP contribution is 2.01. The van der Waals surface area contributed by atoms with Gasteiger partial charge in [-0.15, -0.1) is 12.6 Å². The van der Waals surface area contributed by atoms with Gasteiger partial charge in [-0.3, -0.25) is 0 Å². The molecule has 0 spiro atoms. The second-order valence-electron chi connectivity index (χ2n) is 6.57. The molecular formula is C25H25BN2. The van der Waals surface area contributed by atoms with Gasteiger partial charge in [-0.05, 0) is 12.0 Å². The van der Waals surface area contributed by atoms with E-state index >= 15 is 0 Å². The van der Waals surface area contributed by atoms with Crippen LogP contribution in [-0.2, 0) is 13.0 Å².